The minimum Gasteiger partial charge on any atom is -0.273 e. The van der Waals surface area contributed by atoms with E-state index in [0.29, 0.717) is 30.6 Å². The number of nitrogens with zero attached hydrogens (tertiary/aromatic N) is 3. The van der Waals surface area contributed by atoms with Crippen LogP contribution in [0.15, 0.2) is 42.7 Å². The van der Waals surface area contributed by atoms with E-state index in [1.165, 1.54) is 0 Å². The minimum atomic E-state index is -3.36. The molecular formula is C14H16N4O2S. The van der Waals surface area contributed by atoms with Crippen molar-refractivity contribution in [1.29, 1.82) is 5.26 Å². The van der Waals surface area contributed by atoms with Gasteiger partial charge in [0.25, 0.3) is 0 Å². The summed E-state index contributed by atoms with van der Waals surface area (Å²) in [4.78, 5) is 0. The third-order valence-electron chi connectivity index (χ3n) is 2.88. The van der Waals surface area contributed by atoms with Crippen molar-refractivity contribution in [2.45, 2.75) is 18.7 Å². The predicted molar refractivity (Wildman–Crippen MR) is 78.6 cm³/mol. The molecule has 2 aromatic rings. The SMILES string of the molecule is N#Cc1ccc(CS(=O)(=O)NCCCn2cccn2)cc1. The van der Waals surface area contributed by atoms with E-state index in [0.717, 1.165) is 0 Å². The quantitative estimate of drug-likeness (QED) is 0.780. The third kappa shape index (κ3) is 5.02. The van der Waals surface area contributed by atoms with Gasteiger partial charge < -0.3 is 0 Å². The summed E-state index contributed by atoms with van der Waals surface area (Å²) in [6.45, 7) is 1.05. The number of aryl methyl sites for hydroxylation is 1. The lowest BCUT2D eigenvalue weighted by atomic mass is 10.2. The number of hydrogen-bond donors (Lipinski definition) is 1. The molecule has 0 unspecified atom stereocenters. The van der Waals surface area contributed by atoms with E-state index in [2.05, 4.69) is 9.82 Å². The molecule has 6 nitrogen and oxygen atoms in total. The molecule has 1 N–H and O–H groups in total. The summed E-state index contributed by atoms with van der Waals surface area (Å²) in [5.41, 5.74) is 1.18. The van der Waals surface area contributed by atoms with E-state index in [-0.39, 0.29) is 5.75 Å². The fraction of sp³-hybridized carbons (Fsp3) is 0.286. The van der Waals surface area contributed by atoms with Crippen molar-refractivity contribution in [1.82, 2.24) is 14.5 Å². The van der Waals surface area contributed by atoms with Crippen LogP contribution >= 0.6 is 0 Å². The molecule has 1 heterocycles. The van der Waals surface area contributed by atoms with E-state index in [4.69, 9.17) is 5.26 Å². The number of benzene rings is 1. The monoisotopic (exact) mass is 304 g/mol. The maximum atomic E-state index is 11.9. The summed E-state index contributed by atoms with van der Waals surface area (Å²) in [7, 11) is -3.36. The van der Waals surface area contributed by atoms with Gasteiger partial charge in [-0.25, -0.2) is 13.1 Å². The molecule has 0 amide bonds. The maximum absolute atomic E-state index is 11.9. The summed E-state index contributed by atoms with van der Waals surface area (Å²) in [5, 5.41) is 12.7. The Morgan fingerprint density at radius 2 is 2.05 bits per heavy atom. The standard InChI is InChI=1S/C14H16N4O2S/c15-11-13-3-5-14(6-4-13)12-21(19,20)17-8-2-10-18-9-1-7-16-18/h1,3-7,9,17H,2,8,10,12H2. The molecule has 110 valence electrons. The molecule has 0 aliphatic carbocycles. The number of sulfonamides is 1. The van der Waals surface area contributed by atoms with Crippen LogP contribution in [0.3, 0.4) is 0 Å². The van der Waals surface area contributed by atoms with Gasteiger partial charge in [-0.3, -0.25) is 4.68 Å². The maximum Gasteiger partial charge on any atom is 0.215 e. The molecule has 0 saturated heterocycles. The Balaban J connectivity index is 1.79. The highest BCUT2D eigenvalue weighted by atomic mass is 32.2. The van der Waals surface area contributed by atoms with Gasteiger partial charge in [-0.15, -0.1) is 0 Å². The Kier molecular flexibility index (Phi) is 5.09. The van der Waals surface area contributed by atoms with Gasteiger partial charge in [0.05, 0.1) is 17.4 Å². The van der Waals surface area contributed by atoms with Crippen molar-refractivity contribution >= 4 is 10.0 Å². The van der Waals surface area contributed by atoms with Gasteiger partial charge >= 0.3 is 0 Å². The van der Waals surface area contributed by atoms with Crippen LogP contribution in [0.2, 0.25) is 0 Å². The number of hydrogen-bond acceptors (Lipinski definition) is 4. The summed E-state index contributed by atoms with van der Waals surface area (Å²) in [5.74, 6) is -0.0829. The van der Waals surface area contributed by atoms with Crippen LogP contribution in [-0.2, 0) is 22.3 Å². The Bertz CT molecular complexity index is 700. The predicted octanol–water partition coefficient (Wildman–Crippen LogP) is 1.26. The first-order chi connectivity index (χ1) is 10.1. The fourth-order valence-corrected chi connectivity index (χ4v) is 3.04. The Hall–Kier alpha value is -2.17. The highest BCUT2D eigenvalue weighted by molar-refractivity contribution is 7.88. The molecule has 2 rings (SSSR count). The number of rotatable bonds is 7. The smallest absolute Gasteiger partial charge is 0.215 e. The topological polar surface area (TPSA) is 87.8 Å². The zero-order chi connectivity index (χ0) is 15.1. The van der Waals surface area contributed by atoms with Crippen LogP contribution in [0.1, 0.15) is 17.5 Å². The summed E-state index contributed by atoms with van der Waals surface area (Å²) in [6.07, 6.45) is 4.20. The van der Waals surface area contributed by atoms with Crippen molar-refractivity contribution in [3.05, 3.63) is 53.9 Å². The van der Waals surface area contributed by atoms with E-state index >= 15 is 0 Å². The van der Waals surface area contributed by atoms with Gasteiger partial charge in [0.1, 0.15) is 0 Å². The first-order valence-corrected chi connectivity index (χ1v) is 8.18. The minimum absolute atomic E-state index is 0.0829. The Morgan fingerprint density at radius 1 is 1.29 bits per heavy atom. The van der Waals surface area contributed by atoms with Crippen LogP contribution in [0.4, 0.5) is 0 Å². The lowest BCUT2D eigenvalue weighted by Crippen LogP contribution is -2.26. The molecule has 1 aromatic heterocycles. The molecule has 0 bridgehead atoms. The van der Waals surface area contributed by atoms with E-state index in [1.807, 2.05) is 18.3 Å². The molecule has 7 heteroatoms. The first-order valence-electron chi connectivity index (χ1n) is 6.53. The molecule has 21 heavy (non-hydrogen) atoms. The molecule has 1 aromatic carbocycles. The zero-order valence-corrected chi connectivity index (χ0v) is 12.3. The second kappa shape index (κ2) is 7.02. The Morgan fingerprint density at radius 3 is 2.67 bits per heavy atom. The number of aromatic nitrogens is 2. The first kappa shape index (κ1) is 15.2. The molecule has 0 atom stereocenters. The molecule has 0 fully saturated rings. The molecule has 0 radical (unpaired) electrons. The summed E-state index contributed by atoms with van der Waals surface area (Å²) < 4.78 is 28.2. The molecular weight excluding hydrogens is 288 g/mol. The van der Waals surface area contributed by atoms with Crippen molar-refractivity contribution in [2.75, 3.05) is 6.54 Å². The van der Waals surface area contributed by atoms with Crippen LogP contribution in [0, 0.1) is 11.3 Å². The van der Waals surface area contributed by atoms with Crippen molar-refractivity contribution < 1.29 is 8.42 Å². The van der Waals surface area contributed by atoms with E-state index in [1.54, 1.807) is 35.1 Å². The molecule has 0 spiro atoms. The lowest BCUT2D eigenvalue weighted by molar-refractivity contribution is 0.552. The van der Waals surface area contributed by atoms with E-state index < -0.39 is 10.0 Å². The van der Waals surface area contributed by atoms with Gasteiger partial charge in [0.15, 0.2) is 0 Å². The summed E-state index contributed by atoms with van der Waals surface area (Å²) in [6, 6.07) is 10.4. The van der Waals surface area contributed by atoms with Gasteiger partial charge in [0, 0.05) is 25.5 Å². The van der Waals surface area contributed by atoms with Gasteiger partial charge in [-0.05, 0) is 30.2 Å². The highest BCUT2D eigenvalue weighted by Gasteiger charge is 2.10. The summed E-state index contributed by atoms with van der Waals surface area (Å²) >= 11 is 0. The lowest BCUT2D eigenvalue weighted by Gasteiger charge is -2.07. The third-order valence-corrected chi connectivity index (χ3v) is 4.24. The number of nitrogens with one attached hydrogen (secondary N) is 1. The second-order valence-electron chi connectivity index (χ2n) is 4.58. The van der Waals surface area contributed by atoms with Crippen LogP contribution in [0.25, 0.3) is 0 Å². The van der Waals surface area contributed by atoms with Gasteiger partial charge in [-0.1, -0.05) is 12.1 Å². The van der Waals surface area contributed by atoms with Crippen molar-refractivity contribution in [2.24, 2.45) is 0 Å². The Labute approximate surface area is 124 Å². The average Bonchev–Trinajstić information content (AvgIpc) is 2.97. The molecule has 0 aliphatic heterocycles. The molecule has 0 saturated carbocycles. The van der Waals surface area contributed by atoms with Crippen LogP contribution in [0.5, 0.6) is 0 Å². The largest absolute Gasteiger partial charge is 0.273 e. The van der Waals surface area contributed by atoms with Crippen molar-refractivity contribution in [3.63, 3.8) is 0 Å². The van der Waals surface area contributed by atoms with Crippen molar-refractivity contribution in [3.8, 4) is 6.07 Å². The van der Waals surface area contributed by atoms with Crippen LogP contribution in [-0.4, -0.2) is 24.7 Å². The second-order valence-corrected chi connectivity index (χ2v) is 6.39. The highest BCUT2D eigenvalue weighted by Crippen LogP contribution is 2.07. The fourth-order valence-electron chi connectivity index (χ4n) is 1.85. The molecule has 0 aliphatic rings. The van der Waals surface area contributed by atoms with Crippen LogP contribution < -0.4 is 4.72 Å². The number of nitriles is 1. The zero-order valence-electron chi connectivity index (χ0n) is 11.4. The van der Waals surface area contributed by atoms with Gasteiger partial charge in [0.2, 0.25) is 10.0 Å². The normalized spacial score (nSPS) is 11.2. The van der Waals surface area contributed by atoms with E-state index in [9.17, 15) is 8.42 Å². The average molecular weight is 304 g/mol. The van der Waals surface area contributed by atoms with Gasteiger partial charge in [-0.2, -0.15) is 10.4 Å².